The van der Waals surface area contributed by atoms with E-state index in [1.165, 1.54) is 49.0 Å². The summed E-state index contributed by atoms with van der Waals surface area (Å²) in [7, 11) is -2.99. The van der Waals surface area contributed by atoms with Crippen molar-refractivity contribution >= 4 is 55.4 Å². The molecule has 1 nitrogen and oxygen atoms in total. The topological polar surface area (TPSA) is 17.1 Å². The Bertz CT molecular complexity index is 2030. The second-order valence-electron chi connectivity index (χ2n) is 10.0. The number of hydrogen-bond acceptors (Lipinski definition) is 1. The number of fused-ring (bicyclic) bond motifs is 1. The molecule has 0 unspecified atom stereocenters. The van der Waals surface area contributed by atoms with E-state index < -0.39 is 7.14 Å². The van der Waals surface area contributed by atoms with E-state index in [1.54, 1.807) is 0 Å². The Morgan fingerprint density at radius 3 is 1.61 bits per heavy atom. The summed E-state index contributed by atoms with van der Waals surface area (Å²) in [5, 5.41) is 10.5. The van der Waals surface area contributed by atoms with E-state index in [4.69, 9.17) is 0 Å². The molecule has 8 rings (SSSR count). The van der Waals surface area contributed by atoms with Crippen molar-refractivity contribution in [2.45, 2.75) is 0 Å². The minimum atomic E-state index is -2.99. The van der Waals surface area contributed by atoms with Gasteiger partial charge in [0.15, 0.2) is 7.14 Å². The lowest BCUT2D eigenvalue weighted by atomic mass is 9.94. The zero-order valence-corrected chi connectivity index (χ0v) is 21.5. The lowest BCUT2D eigenvalue weighted by Crippen LogP contribution is -2.24. The molecule has 0 spiro atoms. The fraction of sp³-hybridized carbons (Fsp3) is 0. The first-order valence-electron chi connectivity index (χ1n) is 13.0. The van der Waals surface area contributed by atoms with E-state index in [9.17, 15) is 4.57 Å². The Morgan fingerprint density at radius 2 is 0.921 bits per heavy atom. The van der Waals surface area contributed by atoms with Crippen LogP contribution in [-0.4, -0.2) is 0 Å². The van der Waals surface area contributed by atoms with Gasteiger partial charge in [-0.25, -0.2) is 0 Å². The van der Waals surface area contributed by atoms with E-state index in [0.717, 1.165) is 21.5 Å². The highest BCUT2D eigenvalue weighted by molar-refractivity contribution is 7.85. The highest BCUT2D eigenvalue weighted by Crippen LogP contribution is 2.49. The summed E-state index contributed by atoms with van der Waals surface area (Å²) in [6, 6.07) is 48.2. The summed E-state index contributed by atoms with van der Waals surface area (Å²) >= 11 is 0. The van der Waals surface area contributed by atoms with Gasteiger partial charge in [-0.05, 0) is 54.6 Å². The summed E-state index contributed by atoms with van der Waals surface area (Å²) in [5.41, 5.74) is 4.98. The van der Waals surface area contributed by atoms with E-state index in [-0.39, 0.29) is 0 Å². The summed E-state index contributed by atoms with van der Waals surface area (Å²) < 4.78 is 14.8. The lowest BCUT2D eigenvalue weighted by molar-refractivity contribution is 0.592. The van der Waals surface area contributed by atoms with Crippen molar-refractivity contribution in [3.63, 3.8) is 0 Å². The molecule has 0 N–H and O–H groups in total. The van der Waals surface area contributed by atoms with Gasteiger partial charge in [0, 0.05) is 15.9 Å². The molecule has 1 aliphatic rings. The number of hydrogen-bond donors (Lipinski definition) is 0. The maximum Gasteiger partial charge on any atom is 0.171 e. The Morgan fingerprint density at radius 1 is 0.368 bits per heavy atom. The number of rotatable bonds is 4. The molecule has 0 radical (unpaired) electrons. The van der Waals surface area contributed by atoms with Crippen molar-refractivity contribution < 1.29 is 4.57 Å². The van der Waals surface area contributed by atoms with E-state index in [2.05, 4.69) is 78.9 Å². The standard InChI is InChI=1S/C36H23OP/c37-38(27-9-3-1-4-10-27,28-11-5-2-6-12-28)29-19-16-24(17-20-29)30-22-23-33-31-13-7-8-25-14-15-26-18-21-32(30)36(33)35(26)34(25)31/h1-23H. The molecule has 0 aromatic heterocycles. The normalized spacial score (nSPS) is 12.3. The van der Waals surface area contributed by atoms with Crippen LogP contribution in [0.25, 0.3) is 54.6 Å². The van der Waals surface area contributed by atoms with Gasteiger partial charge in [-0.3, -0.25) is 0 Å². The zero-order valence-electron chi connectivity index (χ0n) is 20.6. The van der Waals surface area contributed by atoms with Crippen LogP contribution in [0, 0.1) is 0 Å². The van der Waals surface area contributed by atoms with E-state index >= 15 is 0 Å². The van der Waals surface area contributed by atoms with Crippen LogP contribution in [0.15, 0.2) is 140 Å². The molecule has 2 heteroatoms. The lowest BCUT2D eigenvalue weighted by Gasteiger charge is -2.20. The molecular formula is C36H23OP. The molecule has 1 aliphatic carbocycles. The van der Waals surface area contributed by atoms with Gasteiger partial charge in [0.2, 0.25) is 0 Å². The fourth-order valence-electron chi connectivity index (χ4n) is 6.31. The molecule has 0 amide bonds. The van der Waals surface area contributed by atoms with Crippen molar-refractivity contribution in [2.24, 2.45) is 0 Å². The SMILES string of the molecule is O=P(c1ccccc1)(c1ccccc1)c1ccc(-c2ccc3c4c2ccc2ccc5cccc-3c5c24)cc1. The molecule has 0 bridgehead atoms. The predicted molar refractivity (Wildman–Crippen MR) is 163 cm³/mol. The second kappa shape index (κ2) is 8.02. The van der Waals surface area contributed by atoms with Gasteiger partial charge in [-0.1, -0.05) is 140 Å². The summed E-state index contributed by atoms with van der Waals surface area (Å²) in [4.78, 5) is 0. The smallest absolute Gasteiger partial charge is 0.171 e. The van der Waals surface area contributed by atoms with Gasteiger partial charge in [0.05, 0.1) is 0 Å². The van der Waals surface area contributed by atoms with Crippen molar-refractivity contribution in [1.29, 1.82) is 0 Å². The van der Waals surface area contributed by atoms with Crippen molar-refractivity contribution in [3.8, 4) is 22.3 Å². The monoisotopic (exact) mass is 502 g/mol. The average molecular weight is 503 g/mol. The molecule has 0 atom stereocenters. The van der Waals surface area contributed by atoms with Gasteiger partial charge in [-0.15, -0.1) is 0 Å². The third-order valence-corrected chi connectivity index (χ3v) is 11.2. The van der Waals surface area contributed by atoms with Crippen LogP contribution in [0.4, 0.5) is 0 Å². The molecule has 178 valence electrons. The van der Waals surface area contributed by atoms with Gasteiger partial charge < -0.3 is 4.57 Å². The molecule has 0 fully saturated rings. The van der Waals surface area contributed by atoms with E-state index in [0.29, 0.717) is 0 Å². The first-order chi connectivity index (χ1) is 18.7. The van der Waals surface area contributed by atoms with Crippen LogP contribution >= 0.6 is 7.14 Å². The van der Waals surface area contributed by atoms with Gasteiger partial charge in [-0.2, -0.15) is 0 Å². The van der Waals surface area contributed by atoms with Crippen molar-refractivity contribution in [3.05, 3.63) is 140 Å². The van der Waals surface area contributed by atoms with Crippen LogP contribution in [0.2, 0.25) is 0 Å². The highest BCUT2D eigenvalue weighted by Gasteiger charge is 2.29. The second-order valence-corrected chi connectivity index (χ2v) is 12.8. The first kappa shape index (κ1) is 21.6. The molecule has 0 saturated heterocycles. The fourth-order valence-corrected chi connectivity index (χ4v) is 8.96. The third kappa shape index (κ3) is 2.91. The van der Waals surface area contributed by atoms with Crippen LogP contribution in [0.1, 0.15) is 0 Å². The quantitative estimate of drug-likeness (QED) is 0.174. The molecule has 7 aromatic rings. The van der Waals surface area contributed by atoms with Crippen molar-refractivity contribution in [1.82, 2.24) is 0 Å². The summed E-state index contributed by atoms with van der Waals surface area (Å²) in [5.74, 6) is 0. The molecular weight excluding hydrogens is 479 g/mol. The van der Waals surface area contributed by atoms with Crippen LogP contribution in [-0.2, 0) is 4.57 Å². The maximum absolute atomic E-state index is 14.8. The third-order valence-electron chi connectivity index (χ3n) is 8.07. The minimum Gasteiger partial charge on any atom is -0.309 e. The Labute approximate surface area is 221 Å². The van der Waals surface area contributed by atoms with Crippen LogP contribution in [0.5, 0.6) is 0 Å². The van der Waals surface area contributed by atoms with Crippen LogP contribution < -0.4 is 15.9 Å². The Kier molecular flexibility index (Phi) is 4.56. The van der Waals surface area contributed by atoms with Gasteiger partial charge in [0.1, 0.15) is 0 Å². The predicted octanol–water partition coefficient (Wildman–Crippen LogP) is 8.43. The van der Waals surface area contributed by atoms with Gasteiger partial charge in [0.25, 0.3) is 0 Å². The molecule has 38 heavy (non-hydrogen) atoms. The minimum absolute atomic E-state index is 0.850. The molecule has 0 heterocycles. The van der Waals surface area contributed by atoms with Crippen LogP contribution in [0.3, 0.4) is 0 Å². The number of benzene rings is 7. The first-order valence-corrected chi connectivity index (χ1v) is 14.7. The molecule has 7 aromatic carbocycles. The Hall–Kier alpha value is -4.45. The highest BCUT2D eigenvalue weighted by atomic mass is 31.2. The summed E-state index contributed by atoms with van der Waals surface area (Å²) in [6.45, 7) is 0. The largest absolute Gasteiger partial charge is 0.309 e. The molecule has 0 aliphatic heterocycles. The molecule has 0 saturated carbocycles. The summed E-state index contributed by atoms with van der Waals surface area (Å²) in [6.07, 6.45) is 0. The van der Waals surface area contributed by atoms with Gasteiger partial charge >= 0.3 is 0 Å². The van der Waals surface area contributed by atoms with E-state index in [1.807, 2.05) is 60.7 Å². The Balaban J connectivity index is 1.32. The maximum atomic E-state index is 14.8. The zero-order chi connectivity index (χ0) is 25.3. The average Bonchev–Trinajstić information content (AvgIpc) is 3.34. The van der Waals surface area contributed by atoms with Crippen molar-refractivity contribution in [2.75, 3.05) is 0 Å².